The Hall–Kier alpha value is -1.29. The number of rotatable bonds is 3. The van der Waals surface area contributed by atoms with Gasteiger partial charge in [-0.15, -0.1) is 0 Å². The van der Waals surface area contributed by atoms with Crippen LogP contribution in [0.25, 0.3) is 0 Å². The van der Waals surface area contributed by atoms with Gasteiger partial charge in [0.2, 0.25) is 0 Å². The lowest BCUT2D eigenvalue weighted by Gasteiger charge is -2.05. The van der Waals surface area contributed by atoms with Crippen LogP contribution in [0.3, 0.4) is 0 Å². The van der Waals surface area contributed by atoms with Crippen LogP contribution in [-0.2, 0) is 0 Å². The van der Waals surface area contributed by atoms with Gasteiger partial charge in [0.25, 0.3) is 0 Å². The molecule has 13 heavy (non-hydrogen) atoms. The molecule has 2 N–H and O–H groups in total. The number of nitrogens with two attached hydrogens (primary N) is 1. The first-order chi connectivity index (χ1) is 6.20. The van der Waals surface area contributed by atoms with Gasteiger partial charge in [-0.2, -0.15) is 0 Å². The molecule has 1 aromatic heterocycles. The molecule has 4 heteroatoms. The van der Waals surface area contributed by atoms with Crippen molar-refractivity contribution in [3.63, 3.8) is 0 Å². The lowest BCUT2D eigenvalue weighted by atomic mass is 10.1. The fourth-order valence-corrected chi connectivity index (χ4v) is 1.20. The molecule has 0 aliphatic heterocycles. The molecule has 0 aromatic carbocycles. The Bertz CT molecular complexity index is 319. The maximum Gasteiger partial charge on any atom is 0.167 e. The van der Waals surface area contributed by atoms with Gasteiger partial charge < -0.3 is 5.73 Å². The highest BCUT2D eigenvalue weighted by Crippen LogP contribution is 2.36. The number of hydrogen-bond donors (Lipinski definition) is 1. The maximum absolute atomic E-state index is 11.5. The van der Waals surface area contributed by atoms with E-state index in [-0.39, 0.29) is 11.3 Å². The van der Waals surface area contributed by atoms with Gasteiger partial charge in [-0.3, -0.25) is 4.79 Å². The van der Waals surface area contributed by atoms with Crippen molar-refractivity contribution in [2.45, 2.75) is 24.8 Å². The maximum atomic E-state index is 11.5. The Morgan fingerprint density at radius 3 is 2.62 bits per heavy atom. The van der Waals surface area contributed by atoms with E-state index in [1.54, 1.807) is 0 Å². The minimum absolute atomic E-state index is 0.0422. The van der Waals surface area contributed by atoms with Gasteiger partial charge in [-0.05, 0) is 12.8 Å². The smallest absolute Gasteiger partial charge is 0.167 e. The van der Waals surface area contributed by atoms with Crippen molar-refractivity contribution in [1.82, 2.24) is 9.97 Å². The molecule has 1 aromatic rings. The predicted molar refractivity (Wildman–Crippen MR) is 47.1 cm³/mol. The SMILES string of the molecule is NC1(CC(=O)c2cncnc2)CC1. The van der Waals surface area contributed by atoms with E-state index in [1.165, 1.54) is 18.7 Å². The fraction of sp³-hybridized carbons (Fsp3) is 0.444. The molecule has 0 saturated heterocycles. The van der Waals surface area contributed by atoms with Crippen LogP contribution in [0.4, 0.5) is 0 Å². The molecule has 68 valence electrons. The highest BCUT2D eigenvalue weighted by atomic mass is 16.1. The van der Waals surface area contributed by atoms with Crippen molar-refractivity contribution >= 4 is 5.78 Å². The topological polar surface area (TPSA) is 68.9 Å². The third-order valence-electron chi connectivity index (χ3n) is 2.29. The summed E-state index contributed by atoms with van der Waals surface area (Å²) in [5.41, 5.74) is 6.15. The third kappa shape index (κ3) is 1.89. The summed E-state index contributed by atoms with van der Waals surface area (Å²) in [4.78, 5) is 19.1. The van der Waals surface area contributed by atoms with Gasteiger partial charge in [-0.25, -0.2) is 9.97 Å². The van der Waals surface area contributed by atoms with E-state index < -0.39 is 0 Å². The van der Waals surface area contributed by atoms with Gasteiger partial charge in [0.15, 0.2) is 5.78 Å². The summed E-state index contributed by atoms with van der Waals surface area (Å²) < 4.78 is 0. The average Bonchev–Trinajstić information content (AvgIpc) is 2.85. The van der Waals surface area contributed by atoms with E-state index in [1.807, 2.05) is 0 Å². The van der Waals surface area contributed by atoms with Crippen LogP contribution in [0.15, 0.2) is 18.7 Å². The van der Waals surface area contributed by atoms with E-state index in [4.69, 9.17) is 5.73 Å². The standard InChI is InChI=1S/C9H11N3O/c10-9(1-2-9)3-8(13)7-4-11-6-12-5-7/h4-6H,1-3,10H2. The highest BCUT2D eigenvalue weighted by molar-refractivity contribution is 5.96. The lowest BCUT2D eigenvalue weighted by Crippen LogP contribution is -2.25. The molecule has 1 aliphatic rings. The number of nitrogens with zero attached hydrogens (tertiary/aromatic N) is 2. The van der Waals surface area contributed by atoms with Gasteiger partial charge in [0.05, 0.1) is 5.56 Å². The first-order valence-electron chi connectivity index (χ1n) is 4.27. The second kappa shape index (κ2) is 2.88. The average molecular weight is 177 g/mol. The summed E-state index contributed by atoms with van der Waals surface area (Å²) in [6.45, 7) is 0. The third-order valence-corrected chi connectivity index (χ3v) is 2.29. The van der Waals surface area contributed by atoms with E-state index in [0.29, 0.717) is 12.0 Å². The monoisotopic (exact) mass is 177 g/mol. The van der Waals surface area contributed by atoms with Gasteiger partial charge in [0.1, 0.15) is 6.33 Å². The fourth-order valence-electron chi connectivity index (χ4n) is 1.20. The van der Waals surface area contributed by atoms with Crippen LogP contribution in [0.1, 0.15) is 29.6 Å². The molecule has 0 spiro atoms. The van der Waals surface area contributed by atoms with Crippen molar-refractivity contribution < 1.29 is 4.79 Å². The Labute approximate surface area is 76.2 Å². The summed E-state index contributed by atoms with van der Waals surface area (Å²) in [6, 6.07) is 0. The van der Waals surface area contributed by atoms with Crippen LogP contribution in [-0.4, -0.2) is 21.3 Å². The number of ketones is 1. The number of aromatic nitrogens is 2. The van der Waals surface area contributed by atoms with Crippen molar-refractivity contribution in [3.8, 4) is 0 Å². The molecule has 0 radical (unpaired) electrons. The quantitative estimate of drug-likeness (QED) is 0.684. The molecule has 4 nitrogen and oxygen atoms in total. The molecule has 1 fully saturated rings. The number of Topliss-reactive ketones (excluding diaryl/α,β-unsaturated/α-hetero) is 1. The minimum atomic E-state index is -0.229. The second-order valence-electron chi connectivity index (χ2n) is 3.59. The Morgan fingerprint density at radius 2 is 2.08 bits per heavy atom. The van der Waals surface area contributed by atoms with Crippen LogP contribution in [0, 0.1) is 0 Å². The lowest BCUT2D eigenvalue weighted by molar-refractivity contribution is 0.0970. The molecule has 1 heterocycles. The van der Waals surface area contributed by atoms with Crippen LogP contribution in [0.5, 0.6) is 0 Å². The zero-order chi connectivity index (χ0) is 9.31. The summed E-state index contributed by atoms with van der Waals surface area (Å²) >= 11 is 0. The first-order valence-corrected chi connectivity index (χ1v) is 4.27. The van der Waals surface area contributed by atoms with Gasteiger partial charge in [-0.1, -0.05) is 0 Å². The molecule has 1 saturated carbocycles. The summed E-state index contributed by atoms with van der Waals surface area (Å²) in [6.07, 6.45) is 6.79. The minimum Gasteiger partial charge on any atom is -0.325 e. The number of carbonyl (C=O) groups is 1. The molecule has 1 aliphatic carbocycles. The molecular formula is C9H11N3O. The van der Waals surface area contributed by atoms with E-state index in [0.717, 1.165) is 12.8 Å². The van der Waals surface area contributed by atoms with Gasteiger partial charge >= 0.3 is 0 Å². The first kappa shape index (κ1) is 8.31. The zero-order valence-corrected chi connectivity index (χ0v) is 7.23. The summed E-state index contributed by atoms with van der Waals surface area (Å²) in [7, 11) is 0. The largest absolute Gasteiger partial charge is 0.325 e. The van der Waals surface area contributed by atoms with Crippen LogP contribution >= 0.6 is 0 Å². The van der Waals surface area contributed by atoms with Crippen molar-refractivity contribution in [2.24, 2.45) is 5.73 Å². The van der Waals surface area contributed by atoms with Crippen molar-refractivity contribution in [2.75, 3.05) is 0 Å². The van der Waals surface area contributed by atoms with E-state index in [2.05, 4.69) is 9.97 Å². The Balaban J connectivity index is 2.06. The van der Waals surface area contributed by atoms with Crippen LogP contribution in [0.2, 0.25) is 0 Å². The normalized spacial score (nSPS) is 18.2. The predicted octanol–water partition coefficient (Wildman–Crippen LogP) is 0.541. The van der Waals surface area contributed by atoms with Crippen LogP contribution < -0.4 is 5.73 Å². The van der Waals surface area contributed by atoms with Crippen molar-refractivity contribution in [1.29, 1.82) is 0 Å². The molecule has 0 bridgehead atoms. The molecule has 0 atom stereocenters. The molecule has 0 unspecified atom stereocenters. The number of hydrogen-bond acceptors (Lipinski definition) is 4. The zero-order valence-electron chi connectivity index (χ0n) is 7.23. The highest BCUT2D eigenvalue weighted by Gasteiger charge is 2.40. The number of carbonyl (C=O) groups excluding carboxylic acids is 1. The summed E-state index contributed by atoms with van der Waals surface area (Å²) in [5, 5.41) is 0. The van der Waals surface area contributed by atoms with Gasteiger partial charge in [0, 0.05) is 24.4 Å². The summed E-state index contributed by atoms with van der Waals surface area (Å²) in [5.74, 6) is 0.0422. The molecular weight excluding hydrogens is 166 g/mol. The van der Waals surface area contributed by atoms with Crippen molar-refractivity contribution in [3.05, 3.63) is 24.3 Å². The second-order valence-corrected chi connectivity index (χ2v) is 3.59. The van der Waals surface area contributed by atoms with E-state index >= 15 is 0 Å². The molecule has 0 amide bonds. The van der Waals surface area contributed by atoms with E-state index in [9.17, 15) is 4.79 Å². The Morgan fingerprint density at radius 1 is 1.46 bits per heavy atom. The molecule has 2 rings (SSSR count). The Kier molecular flexibility index (Phi) is 1.84.